The van der Waals surface area contributed by atoms with Gasteiger partial charge in [0.05, 0.1) is 24.7 Å². The Hall–Kier alpha value is -3.26. The van der Waals surface area contributed by atoms with Gasteiger partial charge in [0.15, 0.2) is 5.13 Å². The van der Waals surface area contributed by atoms with E-state index in [0.717, 1.165) is 11.4 Å². The van der Waals surface area contributed by atoms with Gasteiger partial charge in [-0.25, -0.2) is 9.97 Å². The number of nitrogens with one attached hydrogen (secondary N) is 1. The summed E-state index contributed by atoms with van der Waals surface area (Å²) in [6.07, 6.45) is 3.26. The Morgan fingerprint density at radius 1 is 1.27 bits per heavy atom. The molecular weight excluding hydrogens is 350 g/mol. The van der Waals surface area contributed by atoms with E-state index >= 15 is 0 Å². The van der Waals surface area contributed by atoms with Crippen molar-refractivity contribution in [3.63, 3.8) is 0 Å². The predicted molar refractivity (Wildman–Crippen MR) is 103 cm³/mol. The minimum absolute atomic E-state index is 0.125. The summed E-state index contributed by atoms with van der Waals surface area (Å²) in [6, 6.07) is 12.7. The molecule has 8 heteroatoms. The zero-order valence-electron chi connectivity index (χ0n) is 14.3. The highest BCUT2D eigenvalue weighted by Crippen LogP contribution is 2.29. The first kappa shape index (κ1) is 17.6. The SMILES string of the molecule is COc1ccc(N(C(C)=O)c2nc(/C=N\Nc3ccccn3)cs2)cc1. The molecule has 0 aliphatic rings. The molecule has 1 amide bonds. The third-order valence-electron chi connectivity index (χ3n) is 3.39. The molecule has 0 aliphatic heterocycles. The minimum atomic E-state index is -0.125. The van der Waals surface area contributed by atoms with Gasteiger partial charge in [-0.3, -0.25) is 15.1 Å². The Kier molecular flexibility index (Phi) is 5.55. The molecule has 2 aromatic heterocycles. The Morgan fingerprint density at radius 2 is 2.08 bits per heavy atom. The zero-order valence-corrected chi connectivity index (χ0v) is 15.1. The third kappa shape index (κ3) is 4.22. The first-order chi connectivity index (χ1) is 12.7. The van der Waals surface area contributed by atoms with Crippen LogP contribution < -0.4 is 15.1 Å². The molecule has 0 saturated heterocycles. The van der Waals surface area contributed by atoms with E-state index < -0.39 is 0 Å². The average molecular weight is 367 g/mol. The Bertz CT molecular complexity index is 893. The average Bonchev–Trinajstić information content (AvgIpc) is 3.11. The van der Waals surface area contributed by atoms with Crippen LogP contribution in [-0.2, 0) is 4.79 Å². The Labute approximate surface area is 155 Å². The summed E-state index contributed by atoms with van der Waals surface area (Å²) in [4.78, 5) is 22.2. The molecule has 7 nitrogen and oxygen atoms in total. The van der Waals surface area contributed by atoms with Crippen molar-refractivity contribution in [1.82, 2.24) is 9.97 Å². The molecule has 0 fully saturated rings. The summed E-state index contributed by atoms with van der Waals surface area (Å²) in [6.45, 7) is 1.50. The van der Waals surface area contributed by atoms with Gasteiger partial charge >= 0.3 is 0 Å². The second-order valence-corrected chi connectivity index (χ2v) is 6.03. The lowest BCUT2D eigenvalue weighted by molar-refractivity contribution is -0.115. The first-order valence-corrected chi connectivity index (χ1v) is 8.66. The maximum atomic E-state index is 12.1. The summed E-state index contributed by atoms with van der Waals surface area (Å²) in [5.41, 5.74) is 4.20. The summed E-state index contributed by atoms with van der Waals surface area (Å²) in [7, 11) is 1.60. The number of hydrogen-bond donors (Lipinski definition) is 1. The number of ether oxygens (including phenoxy) is 1. The summed E-state index contributed by atoms with van der Waals surface area (Å²) in [5, 5.41) is 6.51. The lowest BCUT2D eigenvalue weighted by Gasteiger charge is -2.18. The largest absolute Gasteiger partial charge is 0.497 e. The molecule has 0 saturated carbocycles. The molecule has 0 aliphatic carbocycles. The number of aromatic nitrogens is 2. The van der Waals surface area contributed by atoms with Crippen molar-refractivity contribution < 1.29 is 9.53 Å². The van der Waals surface area contributed by atoms with Crippen molar-refractivity contribution in [2.75, 3.05) is 17.4 Å². The number of hydrazone groups is 1. The van der Waals surface area contributed by atoms with Crippen molar-refractivity contribution in [2.24, 2.45) is 5.10 Å². The topological polar surface area (TPSA) is 79.7 Å². The molecule has 3 rings (SSSR count). The molecule has 0 radical (unpaired) electrons. The number of carbonyl (C=O) groups is 1. The second kappa shape index (κ2) is 8.21. The van der Waals surface area contributed by atoms with Gasteiger partial charge in [-0.1, -0.05) is 6.07 Å². The fraction of sp³-hybridized carbons (Fsp3) is 0.111. The highest BCUT2D eigenvalue weighted by Gasteiger charge is 2.17. The van der Waals surface area contributed by atoms with Crippen LogP contribution in [-0.4, -0.2) is 29.2 Å². The van der Waals surface area contributed by atoms with Crippen LogP contribution in [0.1, 0.15) is 12.6 Å². The van der Waals surface area contributed by atoms with Crippen LogP contribution in [0.4, 0.5) is 16.6 Å². The van der Waals surface area contributed by atoms with E-state index in [1.807, 2.05) is 35.7 Å². The van der Waals surface area contributed by atoms with Crippen molar-refractivity contribution in [3.8, 4) is 5.75 Å². The molecule has 0 bridgehead atoms. The number of methoxy groups -OCH3 is 1. The highest BCUT2D eigenvalue weighted by molar-refractivity contribution is 7.14. The maximum Gasteiger partial charge on any atom is 0.230 e. The zero-order chi connectivity index (χ0) is 18.4. The quantitative estimate of drug-likeness (QED) is 0.531. The van der Waals surface area contributed by atoms with Gasteiger partial charge in [0.1, 0.15) is 11.6 Å². The second-order valence-electron chi connectivity index (χ2n) is 5.19. The van der Waals surface area contributed by atoms with Crippen LogP contribution in [0.15, 0.2) is 59.1 Å². The van der Waals surface area contributed by atoms with E-state index in [0.29, 0.717) is 16.6 Å². The lowest BCUT2D eigenvalue weighted by atomic mass is 10.3. The van der Waals surface area contributed by atoms with E-state index in [2.05, 4.69) is 20.5 Å². The highest BCUT2D eigenvalue weighted by atomic mass is 32.1. The molecule has 3 aromatic rings. The lowest BCUT2D eigenvalue weighted by Crippen LogP contribution is -2.22. The fourth-order valence-electron chi connectivity index (χ4n) is 2.19. The first-order valence-electron chi connectivity index (χ1n) is 7.78. The standard InChI is InChI=1S/C18H17N5O2S/c1-13(24)23(15-6-8-16(25-2)9-7-15)18-21-14(12-26-18)11-20-22-17-5-3-4-10-19-17/h3-12H,1-2H3,(H,19,22)/b20-11-. The number of hydrogen-bond acceptors (Lipinski definition) is 7. The predicted octanol–water partition coefficient (Wildman–Crippen LogP) is 3.68. The number of pyridine rings is 1. The number of thiazole rings is 1. The van der Waals surface area contributed by atoms with Gasteiger partial charge in [-0.2, -0.15) is 5.10 Å². The molecule has 0 atom stereocenters. The number of nitrogens with zero attached hydrogens (tertiary/aromatic N) is 4. The maximum absolute atomic E-state index is 12.1. The van der Waals surface area contributed by atoms with Crippen LogP contribution in [0.3, 0.4) is 0 Å². The minimum Gasteiger partial charge on any atom is -0.497 e. The molecular formula is C18H17N5O2S. The van der Waals surface area contributed by atoms with Crippen LogP contribution in [0, 0.1) is 0 Å². The van der Waals surface area contributed by atoms with E-state index in [-0.39, 0.29) is 5.91 Å². The van der Waals surface area contributed by atoms with Crippen molar-refractivity contribution >= 4 is 40.1 Å². The van der Waals surface area contributed by atoms with Gasteiger partial charge in [-0.15, -0.1) is 11.3 Å². The van der Waals surface area contributed by atoms with Crippen LogP contribution in [0.2, 0.25) is 0 Å². The van der Waals surface area contributed by atoms with Crippen LogP contribution in [0.25, 0.3) is 0 Å². The van der Waals surface area contributed by atoms with Gasteiger partial charge in [0, 0.05) is 18.5 Å². The van der Waals surface area contributed by atoms with E-state index in [4.69, 9.17) is 4.74 Å². The monoisotopic (exact) mass is 367 g/mol. The Balaban J connectivity index is 1.76. The molecule has 1 N–H and O–H groups in total. The Morgan fingerprint density at radius 3 is 2.73 bits per heavy atom. The number of amides is 1. The van der Waals surface area contributed by atoms with Gasteiger partial charge in [0.25, 0.3) is 0 Å². The number of carbonyl (C=O) groups excluding carboxylic acids is 1. The molecule has 132 valence electrons. The van der Waals surface area contributed by atoms with E-state index in [9.17, 15) is 4.79 Å². The van der Waals surface area contributed by atoms with Crippen LogP contribution >= 0.6 is 11.3 Å². The normalized spacial score (nSPS) is 10.7. The number of benzene rings is 1. The fourth-order valence-corrected chi connectivity index (χ4v) is 3.03. The summed E-state index contributed by atoms with van der Waals surface area (Å²) in [5.74, 6) is 1.24. The van der Waals surface area contributed by atoms with Crippen molar-refractivity contribution in [1.29, 1.82) is 0 Å². The summed E-state index contributed by atoms with van der Waals surface area (Å²) < 4.78 is 5.15. The smallest absolute Gasteiger partial charge is 0.230 e. The van der Waals surface area contributed by atoms with Gasteiger partial charge in [-0.05, 0) is 36.4 Å². The van der Waals surface area contributed by atoms with Gasteiger partial charge < -0.3 is 4.74 Å². The molecule has 2 heterocycles. The van der Waals surface area contributed by atoms with E-state index in [1.54, 1.807) is 36.6 Å². The molecule has 26 heavy (non-hydrogen) atoms. The number of anilines is 3. The van der Waals surface area contributed by atoms with E-state index in [1.165, 1.54) is 18.3 Å². The number of rotatable bonds is 6. The van der Waals surface area contributed by atoms with Crippen LogP contribution in [0.5, 0.6) is 5.75 Å². The van der Waals surface area contributed by atoms with Crippen molar-refractivity contribution in [2.45, 2.75) is 6.92 Å². The molecule has 0 spiro atoms. The summed E-state index contributed by atoms with van der Waals surface area (Å²) >= 11 is 1.37. The molecule has 0 unspecified atom stereocenters. The van der Waals surface area contributed by atoms with Crippen molar-refractivity contribution in [3.05, 3.63) is 59.7 Å². The van der Waals surface area contributed by atoms with Gasteiger partial charge in [0.2, 0.25) is 5.91 Å². The third-order valence-corrected chi connectivity index (χ3v) is 4.23. The molecule has 1 aromatic carbocycles.